The number of alkyl halides is 3. The fraction of sp³-hybridized carbons (Fsp3) is 0.500. The number of ether oxygens (including phenoxy) is 2. The lowest BCUT2D eigenvalue weighted by molar-refractivity contribution is -0.149. The zero-order valence-corrected chi connectivity index (χ0v) is 28.7. The Bertz CT molecular complexity index is 1370. The molecule has 46 heavy (non-hydrogen) atoms. The molecule has 3 rings (SSSR count). The zero-order chi connectivity index (χ0) is 34.2. The van der Waals surface area contributed by atoms with Crippen molar-refractivity contribution in [1.29, 1.82) is 0 Å². The predicted molar refractivity (Wildman–Crippen MR) is 177 cm³/mol. The number of carbonyl (C=O) groups excluding carboxylic acids is 4. The van der Waals surface area contributed by atoms with Gasteiger partial charge >= 0.3 is 5.97 Å². The van der Waals surface area contributed by atoms with Crippen LogP contribution < -0.4 is 20.7 Å². The number of halogens is 3. The molecule has 0 bridgehead atoms. The molecule has 0 aromatic heterocycles. The average Bonchev–Trinajstić information content (AvgIpc) is 3.01. The molecule has 5 atom stereocenters. The third-order valence-electron chi connectivity index (χ3n) is 7.36. The maximum atomic E-state index is 13.2. The third kappa shape index (κ3) is 11.0. The summed E-state index contributed by atoms with van der Waals surface area (Å²) in [5.41, 5.74) is 2.66. The number of aliphatic hydroxyl groups is 1. The van der Waals surface area contributed by atoms with Gasteiger partial charge in [0.15, 0.2) is 6.10 Å². The maximum absolute atomic E-state index is 13.2. The first-order valence-electron chi connectivity index (χ1n) is 15.0. The Morgan fingerprint density at radius 1 is 0.978 bits per heavy atom. The first kappa shape index (κ1) is 37.4. The number of benzene rings is 2. The number of piperazine rings is 1. The Morgan fingerprint density at radius 3 is 2.26 bits per heavy atom. The molecule has 0 unspecified atom stereocenters. The second-order valence-corrected chi connectivity index (χ2v) is 14.1. The summed E-state index contributed by atoms with van der Waals surface area (Å²) >= 11 is 16.9. The van der Waals surface area contributed by atoms with Crippen LogP contribution in [-0.2, 0) is 23.9 Å². The van der Waals surface area contributed by atoms with Crippen molar-refractivity contribution in [3.8, 4) is 16.9 Å². The minimum absolute atomic E-state index is 0.00611. The number of hydrogen-bond acceptors (Lipinski definition) is 8. The van der Waals surface area contributed by atoms with Crippen LogP contribution in [0.5, 0.6) is 5.75 Å². The summed E-state index contributed by atoms with van der Waals surface area (Å²) in [7, 11) is 0. The van der Waals surface area contributed by atoms with Crippen LogP contribution in [0.15, 0.2) is 48.5 Å². The van der Waals surface area contributed by atoms with Crippen molar-refractivity contribution < 1.29 is 33.8 Å². The number of esters is 1. The molecule has 0 saturated carbocycles. The van der Waals surface area contributed by atoms with E-state index in [4.69, 9.17) is 44.3 Å². The van der Waals surface area contributed by atoms with Gasteiger partial charge in [0.1, 0.15) is 30.5 Å². The van der Waals surface area contributed by atoms with Gasteiger partial charge in [-0.05, 0) is 61.6 Å². The van der Waals surface area contributed by atoms with Crippen molar-refractivity contribution >= 4 is 58.5 Å². The zero-order valence-electron chi connectivity index (χ0n) is 26.4. The lowest BCUT2D eigenvalue weighted by Gasteiger charge is -2.34. The van der Waals surface area contributed by atoms with Crippen molar-refractivity contribution in [2.45, 2.75) is 68.7 Å². The van der Waals surface area contributed by atoms with Crippen molar-refractivity contribution in [2.75, 3.05) is 26.2 Å². The average molecular weight is 700 g/mol. The Kier molecular flexibility index (Phi) is 13.5. The van der Waals surface area contributed by atoms with Gasteiger partial charge in [0.25, 0.3) is 5.91 Å². The van der Waals surface area contributed by atoms with E-state index in [1.807, 2.05) is 36.4 Å². The Morgan fingerprint density at radius 2 is 1.65 bits per heavy atom. The van der Waals surface area contributed by atoms with Gasteiger partial charge in [-0.2, -0.15) is 0 Å². The van der Waals surface area contributed by atoms with Gasteiger partial charge in [-0.25, -0.2) is 0 Å². The number of rotatable bonds is 12. The minimum Gasteiger partial charge on any atom is -0.481 e. The van der Waals surface area contributed by atoms with E-state index in [9.17, 15) is 24.3 Å². The van der Waals surface area contributed by atoms with Gasteiger partial charge in [0, 0.05) is 19.6 Å². The van der Waals surface area contributed by atoms with E-state index in [0.29, 0.717) is 18.8 Å². The molecule has 1 saturated heterocycles. The highest BCUT2D eigenvalue weighted by atomic mass is 35.6. The second-order valence-electron chi connectivity index (χ2n) is 11.6. The number of nitrogens with one attached hydrogen (secondary N) is 3. The predicted octanol–water partition coefficient (Wildman–Crippen LogP) is 3.53. The van der Waals surface area contributed by atoms with Gasteiger partial charge < -0.3 is 35.4 Å². The highest BCUT2D eigenvalue weighted by Crippen LogP contribution is 2.27. The standard InChI is InChI=1S/C32H41Cl3N4O7/c1-18(2)27(29(42)37-19(3)30(43)39-14-13-36-26(16-39)31(44)45-17-32(33,34)35)38-28(41)21(5)46-25-11-9-22(10-12-25)24-8-6-7-23(15-24)20(4)40/h6-12,15,18-21,26-27,36,40H,13-14,16-17H2,1-5H3,(H,37,42)(H,38,41)/t19-,20+,21-,26-,27-/m0/s1. The molecule has 1 heterocycles. The van der Waals surface area contributed by atoms with Crippen LogP contribution >= 0.6 is 34.8 Å². The quantitative estimate of drug-likeness (QED) is 0.195. The van der Waals surface area contributed by atoms with Gasteiger partial charge in [0.05, 0.1) is 6.10 Å². The number of aliphatic hydroxyl groups excluding tert-OH is 1. The van der Waals surface area contributed by atoms with Crippen LogP contribution in [0.4, 0.5) is 0 Å². The van der Waals surface area contributed by atoms with E-state index in [1.165, 1.54) is 11.8 Å². The van der Waals surface area contributed by atoms with Crippen molar-refractivity contribution in [3.63, 3.8) is 0 Å². The summed E-state index contributed by atoms with van der Waals surface area (Å²) < 4.78 is 9.11. The fourth-order valence-electron chi connectivity index (χ4n) is 4.77. The SMILES string of the molecule is CC(C)[C@H](NC(=O)[C@H](C)Oc1ccc(-c2cccc([C@@H](C)O)c2)cc1)C(=O)N[C@@H](C)C(=O)N1CCN[C@H](C(=O)OCC(Cl)(Cl)Cl)C1. The number of hydrogen-bond donors (Lipinski definition) is 4. The van der Waals surface area contributed by atoms with Crippen molar-refractivity contribution in [2.24, 2.45) is 5.92 Å². The molecule has 3 amide bonds. The molecule has 2 aromatic rings. The molecule has 4 N–H and O–H groups in total. The Balaban J connectivity index is 1.55. The Labute approximate surface area is 284 Å². The second kappa shape index (κ2) is 16.6. The first-order valence-corrected chi connectivity index (χ1v) is 16.1. The maximum Gasteiger partial charge on any atom is 0.325 e. The van der Waals surface area contributed by atoms with Crippen molar-refractivity contribution in [1.82, 2.24) is 20.9 Å². The van der Waals surface area contributed by atoms with E-state index in [1.54, 1.807) is 39.8 Å². The molecule has 1 aliphatic rings. The molecule has 2 aromatic carbocycles. The monoisotopic (exact) mass is 698 g/mol. The van der Waals surface area contributed by atoms with E-state index in [0.717, 1.165) is 16.7 Å². The molecule has 1 fully saturated rings. The van der Waals surface area contributed by atoms with Gasteiger partial charge in [-0.15, -0.1) is 0 Å². The normalized spacial score (nSPS) is 17.8. The number of amides is 3. The molecular weight excluding hydrogens is 659 g/mol. The van der Waals surface area contributed by atoms with E-state index in [2.05, 4.69) is 16.0 Å². The number of carbonyl (C=O) groups is 4. The van der Waals surface area contributed by atoms with Crippen LogP contribution in [0.1, 0.15) is 46.3 Å². The van der Waals surface area contributed by atoms with Gasteiger partial charge in [-0.1, -0.05) is 79.0 Å². The lowest BCUT2D eigenvalue weighted by Crippen LogP contribution is -2.60. The van der Waals surface area contributed by atoms with Crippen LogP contribution in [0.25, 0.3) is 11.1 Å². The fourth-order valence-corrected chi connectivity index (χ4v) is 4.93. The smallest absolute Gasteiger partial charge is 0.325 e. The van der Waals surface area contributed by atoms with Gasteiger partial charge in [-0.3, -0.25) is 19.2 Å². The number of nitrogens with zero attached hydrogens (tertiary/aromatic N) is 1. The molecule has 0 radical (unpaired) electrons. The summed E-state index contributed by atoms with van der Waals surface area (Å²) in [5.74, 6) is -1.94. The topological polar surface area (TPSA) is 146 Å². The summed E-state index contributed by atoms with van der Waals surface area (Å²) in [6.45, 7) is 8.57. The van der Waals surface area contributed by atoms with Crippen LogP contribution in [0.3, 0.4) is 0 Å². The van der Waals surface area contributed by atoms with E-state index in [-0.39, 0.29) is 12.5 Å². The highest BCUT2D eigenvalue weighted by Gasteiger charge is 2.34. The molecule has 1 aliphatic heterocycles. The summed E-state index contributed by atoms with van der Waals surface area (Å²) in [6.07, 6.45) is -1.50. The minimum atomic E-state index is -1.76. The van der Waals surface area contributed by atoms with Gasteiger partial charge in [0.2, 0.25) is 15.6 Å². The molecule has 252 valence electrons. The Hall–Kier alpha value is -3.09. The third-order valence-corrected chi connectivity index (χ3v) is 7.69. The van der Waals surface area contributed by atoms with E-state index < -0.39 is 64.4 Å². The summed E-state index contributed by atoms with van der Waals surface area (Å²) in [6, 6.07) is 12.1. The first-order chi connectivity index (χ1) is 21.6. The lowest BCUT2D eigenvalue weighted by atomic mass is 10.0. The van der Waals surface area contributed by atoms with Crippen molar-refractivity contribution in [3.05, 3.63) is 54.1 Å². The largest absolute Gasteiger partial charge is 0.481 e. The summed E-state index contributed by atoms with van der Waals surface area (Å²) in [4.78, 5) is 53.2. The van der Waals surface area contributed by atoms with Crippen LogP contribution in [0, 0.1) is 5.92 Å². The summed E-state index contributed by atoms with van der Waals surface area (Å²) in [5, 5.41) is 18.3. The molecule has 14 heteroatoms. The molecule has 0 spiro atoms. The van der Waals surface area contributed by atoms with E-state index >= 15 is 0 Å². The van der Waals surface area contributed by atoms with Crippen LogP contribution in [-0.4, -0.2) is 88.0 Å². The molecular formula is C32H41Cl3N4O7. The molecule has 11 nitrogen and oxygen atoms in total. The highest BCUT2D eigenvalue weighted by molar-refractivity contribution is 6.67. The molecule has 0 aliphatic carbocycles. The van der Waals surface area contributed by atoms with Crippen LogP contribution in [0.2, 0.25) is 0 Å².